The van der Waals surface area contributed by atoms with E-state index in [1.165, 1.54) is 6.42 Å². The van der Waals surface area contributed by atoms with Gasteiger partial charge in [-0.1, -0.05) is 16.8 Å². The number of likely N-dealkylation sites (N-methyl/N-ethyl adjacent to an activating group) is 1. The van der Waals surface area contributed by atoms with Crippen LogP contribution in [0.2, 0.25) is 5.02 Å². The van der Waals surface area contributed by atoms with Gasteiger partial charge in [-0.15, -0.1) is 0 Å². The van der Waals surface area contributed by atoms with Gasteiger partial charge < -0.3 is 20.7 Å². The van der Waals surface area contributed by atoms with Crippen LogP contribution in [0.3, 0.4) is 0 Å². The van der Waals surface area contributed by atoms with Crippen LogP contribution in [-0.2, 0) is 0 Å². The predicted octanol–water partition coefficient (Wildman–Crippen LogP) is 1.96. The van der Waals surface area contributed by atoms with E-state index in [0.29, 0.717) is 16.6 Å². The lowest BCUT2D eigenvalue weighted by Gasteiger charge is -2.37. The number of hydrogen-bond acceptors (Lipinski definition) is 4. The van der Waals surface area contributed by atoms with Crippen molar-refractivity contribution in [1.29, 1.82) is 0 Å². The molecule has 0 aliphatic carbocycles. The monoisotopic (exact) mass is 296 g/mol. The third kappa shape index (κ3) is 3.16. The van der Waals surface area contributed by atoms with E-state index in [1.807, 2.05) is 12.1 Å². The Kier molecular flexibility index (Phi) is 4.73. The molecule has 0 saturated carbocycles. The molecule has 6 heteroatoms. The van der Waals surface area contributed by atoms with Crippen LogP contribution in [0.25, 0.3) is 0 Å². The molecule has 1 atom stereocenters. The predicted molar refractivity (Wildman–Crippen MR) is 82.9 cm³/mol. The normalized spacial score (nSPS) is 20.5. The molecule has 1 aromatic rings. The molecule has 1 aliphatic rings. The third-order valence-corrected chi connectivity index (χ3v) is 4.12. The molecule has 0 aromatic heterocycles. The Bertz CT molecular complexity index is 504. The van der Waals surface area contributed by atoms with Gasteiger partial charge in [0.25, 0.3) is 0 Å². The summed E-state index contributed by atoms with van der Waals surface area (Å²) >= 11 is 6.34. The van der Waals surface area contributed by atoms with Gasteiger partial charge in [0.1, 0.15) is 0 Å². The summed E-state index contributed by atoms with van der Waals surface area (Å²) in [6, 6.07) is 6.05. The summed E-state index contributed by atoms with van der Waals surface area (Å²) in [5.74, 6) is 0.0725. The first-order valence-corrected chi connectivity index (χ1v) is 7.09. The van der Waals surface area contributed by atoms with Gasteiger partial charge in [-0.3, -0.25) is 0 Å². The molecule has 110 valence electrons. The average molecular weight is 297 g/mol. The second-order valence-electron chi connectivity index (χ2n) is 5.36. The Labute approximate surface area is 124 Å². The first-order chi connectivity index (χ1) is 9.52. The highest BCUT2D eigenvalue weighted by Crippen LogP contribution is 2.29. The lowest BCUT2D eigenvalue weighted by atomic mass is 10.0. The highest BCUT2D eigenvalue weighted by Gasteiger charge is 2.23. The fourth-order valence-corrected chi connectivity index (χ4v) is 2.88. The van der Waals surface area contributed by atoms with E-state index in [9.17, 15) is 0 Å². The van der Waals surface area contributed by atoms with Gasteiger partial charge in [0.15, 0.2) is 5.84 Å². The minimum atomic E-state index is 0.0725. The second kappa shape index (κ2) is 6.33. The van der Waals surface area contributed by atoms with Gasteiger partial charge in [-0.2, -0.15) is 0 Å². The summed E-state index contributed by atoms with van der Waals surface area (Å²) in [5.41, 5.74) is 7.21. The number of hydrogen-bond donors (Lipinski definition) is 2. The van der Waals surface area contributed by atoms with Crippen LogP contribution in [0.4, 0.5) is 5.69 Å². The van der Waals surface area contributed by atoms with Crippen LogP contribution >= 0.6 is 11.6 Å². The molecule has 0 spiro atoms. The largest absolute Gasteiger partial charge is 0.409 e. The van der Waals surface area contributed by atoms with Crippen molar-refractivity contribution >= 4 is 23.1 Å². The Hall–Kier alpha value is -1.46. The fourth-order valence-electron chi connectivity index (χ4n) is 2.58. The zero-order valence-electron chi connectivity index (χ0n) is 11.9. The lowest BCUT2D eigenvalue weighted by molar-refractivity contribution is 0.258. The van der Waals surface area contributed by atoms with Crippen molar-refractivity contribution in [2.45, 2.75) is 18.9 Å². The van der Waals surface area contributed by atoms with Crippen LogP contribution in [-0.4, -0.2) is 49.2 Å². The van der Waals surface area contributed by atoms with E-state index < -0.39 is 0 Å². The molecular weight excluding hydrogens is 276 g/mol. The van der Waals surface area contributed by atoms with E-state index in [1.54, 1.807) is 6.07 Å². The van der Waals surface area contributed by atoms with Crippen molar-refractivity contribution in [1.82, 2.24) is 4.90 Å². The number of benzene rings is 1. The maximum absolute atomic E-state index is 8.70. The average Bonchev–Trinajstić information content (AvgIpc) is 2.46. The Morgan fingerprint density at radius 3 is 2.85 bits per heavy atom. The number of nitrogens with two attached hydrogens (primary N) is 1. The highest BCUT2D eigenvalue weighted by atomic mass is 35.5. The van der Waals surface area contributed by atoms with Gasteiger partial charge in [0, 0.05) is 24.7 Å². The molecule has 0 amide bonds. The Morgan fingerprint density at radius 2 is 2.25 bits per heavy atom. The van der Waals surface area contributed by atoms with Crippen molar-refractivity contribution in [2.75, 3.05) is 32.1 Å². The van der Waals surface area contributed by atoms with Crippen molar-refractivity contribution in [3.63, 3.8) is 0 Å². The zero-order chi connectivity index (χ0) is 14.7. The van der Waals surface area contributed by atoms with Crippen molar-refractivity contribution < 1.29 is 5.21 Å². The first kappa shape index (κ1) is 14.9. The molecule has 1 aromatic carbocycles. The molecular formula is C14H21ClN4O. The number of amidine groups is 1. The standard InChI is InChI=1S/C14H21ClN4O/c1-18(2)11-4-3-7-19(9-11)13-6-5-10(8-12(13)15)14(16)17-20/h5-6,8,11,20H,3-4,7,9H2,1-2H3,(H2,16,17). The quantitative estimate of drug-likeness (QED) is 0.387. The maximum atomic E-state index is 8.70. The SMILES string of the molecule is CN(C)C1CCCN(c2ccc(C(N)=NO)cc2Cl)C1. The van der Waals surface area contributed by atoms with Crippen molar-refractivity contribution in [3.05, 3.63) is 28.8 Å². The van der Waals surface area contributed by atoms with Crippen molar-refractivity contribution in [2.24, 2.45) is 10.9 Å². The molecule has 1 unspecified atom stereocenters. The number of oxime groups is 1. The maximum Gasteiger partial charge on any atom is 0.170 e. The highest BCUT2D eigenvalue weighted by molar-refractivity contribution is 6.33. The summed E-state index contributed by atoms with van der Waals surface area (Å²) in [6.45, 7) is 1.97. The van der Waals surface area contributed by atoms with E-state index in [2.05, 4.69) is 29.1 Å². The second-order valence-corrected chi connectivity index (χ2v) is 5.76. The van der Waals surface area contributed by atoms with Gasteiger partial charge >= 0.3 is 0 Å². The molecule has 5 nitrogen and oxygen atoms in total. The Balaban J connectivity index is 2.20. The topological polar surface area (TPSA) is 65.1 Å². The lowest BCUT2D eigenvalue weighted by Crippen LogP contribution is -2.45. The van der Waals surface area contributed by atoms with Crippen molar-refractivity contribution in [3.8, 4) is 0 Å². The molecule has 0 radical (unpaired) electrons. The van der Waals surface area contributed by atoms with Gasteiger partial charge in [0.05, 0.1) is 10.7 Å². The first-order valence-electron chi connectivity index (χ1n) is 6.71. The fraction of sp³-hybridized carbons (Fsp3) is 0.500. The van der Waals surface area contributed by atoms with Crippen LogP contribution < -0.4 is 10.6 Å². The molecule has 20 heavy (non-hydrogen) atoms. The van der Waals surface area contributed by atoms with Crippen LogP contribution in [0, 0.1) is 0 Å². The minimum Gasteiger partial charge on any atom is -0.409 e. The third-order valence-electron chi connectivity index (χ3n) is 3.82. The van der Waals surface area contributed by atoms with E-state index in [-0.39, 0.29) is 5.84 Å². The Morgan fingerprint density at radius 1 is 1.50 bits per heavy atom. The summed E-state index contributed by atoms with van der Waals surface area (Å²) in [6.07, 6.45) is 2.37. The summed E-state index contributed by atoms with van der Waals surface area (Å²) in [5, 5.41) is 12.3. The van der Waals surface area contributed by atoms with Crippen LogP contribution in [0.15, 0.2) is 23.4 Å². The van der Waals surface area contributed by atoms with Crippen LogP contribution in [0.1, 0.15) is 18.4 Å². The van der Waals surface area contributed by atoms with E-state index in [4.69, 9.17) is 22.5 Å². The molecule has 3 N–H and O–H groups in total. The summed E-state index contributed by atoms with van der Waals surface area (Å²) in [7, 11) is 4.22. The zero-order valence-corrected chi connectivity index (χ0v) is 12.6. The van der Waals surface area contributed by atoms with E-state index in [0.717, 1.165) is 25.2 Å². The number of piperidine rings is 1. The summed E-state index contributed by atoms with van der Waals surface area (Å²) < 4.78 is 0. The summed E-state index contributed by atoms with van der Waals surface area (Å²) in [4.78, 5) is 4.55. The molecule has 1 saturated heterocycles. The van der Waals surface area contributed by atoms with Gasteiger partial charge in [-0.05, 0) is 45.1 Å². The van der Waals surface area contributed by atoms with Gasteiger partial charge in [0.2, 0.25) is 0 Å². The molecule has 1 heterocycles. The van der Waals surface area contributed by atoms with E-state index >= 15 is 0 Å². The number of rotatable bonds is 3. The van der Waals surface area contributed by atoms with Crippen LogP contribution in [0.5, 0.6) is 0 Å². The number of halogens is 1. The molecule has 0 bridgehead atoms. The van der Waals surface area contributed by atoms with Gasteiger partial charge in [-0.25, -0.2) is 0 Å². The number of nitrogens with zero attached hydrogens (tertiary/aromatic N) is 3. The minimum absolute atomic E-state index is 0.0725. The molecule has 1 aliphatic heterocycles. The number of anilines is 1. The molecule has 1 fully saturated rings. The molecule has 2 rings (SSSR count). The smallest absolute Gasteiger partial charge is 0.170 e.